The minimum absolute atomic E-state index is 0.713. The summed E-state index contributed by atoms with van der Waals surface area (Å²) in [6.07, 6.45) is 10.0. The van der Waals surface area contributed by atoms with Gasteiger partial charge in [0.05, 0.1) is 5.56 Å². The zero-order valence-electron chi connectivity index (χ0n) is 16.9. The van der Waals surface area contributed by atoms with E-state index in [1.807, 2.05) is 17.7 Å². The summed E-state index contributed by atoms with van der Waals surface area (Å²) in [5.74, 6) is 0. The first-order chi connectivity index (χ1) is 13.6. The van der Waals surface area contributed by atoms with E-state index in [-0.39, 0.29) is 0 Å². The SMILES string of the molecule is C=C(C)c1ccc(-n2cc(C#N)c(-c3ccccc3CCCCCC)c2)cc1. The Morgan fingerprint density at radius 1 is 0.964 bits per heavy atom. The van der Waals surface area contributed by atoms with Crippen LogP contribution in [0, 0.1) is 11.3 Å². The molecule has 2 heteroatoms. The van der Waals surface area contributed by atoms with Crippen LogP contribution in [0.5, 0.6) is 0 Å². The van der Waals surface area contributed by atoms with Crippen molar-refractivity contribution in [1.29, 1.82) is 5.26 Å². The van der Waals surface area contributed by atoms with Crippen molar-refractivity contribution in [3.05, 3.63) is 84.2 Å². The van der Waals surface area contributed by atoms with Crippen molar-refractivity contribution in [1.82, 2.24) is 4.57 Å². The number of benzene rings is 2. The molecular formula is C26H28N2. The molecule has 1 aromatic heterocycles. The van der Waals surface area contributed by atoms with Gasteiger partial charge in [-0.2, -0.15) is 5.26 Å². The molecule has 1 heterocycles. The molecule has 0 radical (unpaired) electrons. The van der Waals surface area contributed by atoms with E-state index in [4.69, 9.17) is 0 Å². The van der Waals surface area contributed by atoms with Crippen LogP contribution in [0.1, 0.15) is 56.2 Å². The lowest BCUT2D eigenvalue weighted by Gasteiger charge is -2.09. The normalized spacial score (nSPS) is 10.6. The number of aromatic nitrogens is 1. The predicted octanol–water partition coefficient (Wildman–Crippen LogP) is 7.17. The second-order valence-corrected chi connectivity index (χ2v) is 7.40. The molecule has 2 nitrogen and oxygen atoms in total. The number of unbranched alkanes of at least 4 members (excludes halogenated alkanes) is 3. The van der Waals surface area contributed by atoms with Crippen LogP contribution in [0.2, 0.25) is 0 Å². The van der Waals surface area contributed by atoms with Crippen LogP contribution in [0.15, 0.2) is 67.5 Å². The monoisotopic (exact) mass is 368 g/mol. The van der Waals surface area contributed by atoms with E-state index < -0.39 is 0 Å². The third kappa shape index (κ3) is 4.43. The van der Waals surface area contributed by atoms with E-state index >= 15 is 0 Å². The van der Waals surface area contributed by atoms with Gasteiger partial charge in [-0.15, -0.1) is 0 Å². The van der Waals surface area contributed by atoms with Crippen LogP contribution in [0.25, 0.3) is 22.4 Å². The van der Waals surface area contributed by atoms with Gasteiger partial charge < -0.3 is 4.57 Å². The lowest BCUT2D eigenvalue weighted by atomic mass is 9.95. The zero-order valence-corrected chi connectivity index (χ0v) is 16.9. The van der Waals surface area contributed by atoms with Crippen molar-refractivity contribution in [2.24, 2.45) is 0 Å². The molecule has 142 valence electrons. The molecule has 28 heavy (non-hydrogen) atoms. The molecular weight excluding hydrogens is 340 g/mol. The average molecular weight is 369 g/mol. The number of nitrogens with zero attached hydrogens (tertiary/aromatic N) is 2. The van der Waals surface area contributed by atoms with Crippen LogP contribution in [0.4, 0.5) is 0 Å². The van der Waals surface area contributed by atoms with E-state index in [9.17, 15) is 5.26 Å². The van der Waals surface area contributed by atoms with Crippen molar-refractivity contribution in [2.75, 3.05) is 0 Å². The van der Waals surface area contributed by atoms with Crippen LogP contribution < -0.4 is 0 Å². The Morgan fingerprint density at radius 3 is 2.39 bits per heavy atom. The Balaban J connectivity index is 1.93. The number of rotatable bonds is 8. The fourth-order valence-electron chi connectivity index (χ4n) is 3.57. The molecule has 0 saturated carbocycles. The molecule has 0 saturated heterocycles. The maximum absolute atomic E-state index is 9.72. The first-order valence-electron chi connectivity index (χ1n) is 10.1. The molecule has 0 fully saturated rings. The zero-order chi connectivity index (χ0) is 19.9. The summed E-state index contributed by atoms with van der Waals surface area (Å²) in [6.45, 7) is 8.24. The third-order valence-electron chi connectivity index (χ3n) is 5.21. The smallest absolute Gasteiger partial charge is 0.101 e. The molecule has 0 bridgehead atoms. The van der Waals surface area contributed by atoms with Gasteiger partial charge in [-0.25, -0.2) is 0 Å². The minimum Gasteiger partial charge on any atom is -0.322 e. The highest BCUT2D eigenvalue weighted by Crippen LogP contribution is 2.30. The van der Waals surface area contributed by atoms with E-state index in [0.717, 1.165) is 28.8 Å². The van der Waals surface area contributed by atoms with Crippen LogP contribution in [0.3, 0.4) is 0 Å². The summed E-state index contributed by atoms with van der Waals surface area (Å²) in [4.78, 5) is 0. The highest BCUT2D eigenvalue weighted by atomic mass is 14.9. The largest absolute Gasteiger partial charge is 0.322 e. The average Bonchev–Trinajstić information content (AvgIpc) is 3.16. The van der Waals surface area contributed by atoms with Gasteiger partial charge in [-0.05, 0) is 48.6 Å². The first kappa shape index (κ1) is 19.7. The summed E-state index contributed by atoms with van der Waals surface area (Å²) in [6, 6.07) is 19.2. The van der Waals surface area contributed by atoms with Gasteiger partial charge >= 0.3 is 0 Å². The van der Waals surface area contributed by atoms with Crippen molar-refractivity contribution in [3.63, 3.8) is 0 Å². The summed E-state index contributed by atoms with van der Waals surface area (Å²) in [7, 11) is 0. The fourth-order valence-corrected chi connectivity index (χ4v) is 3.57. The highest BCUT2D eigenvalue weighted by molar-refractivity contribution is 5.74. The lowest BCUT2D eigenvalue weighted by molar-refractivity contribution is 0.667. The molecule has 0 aliphatic rings. The molecule has 0 atom stereocenters. The molecule has 3 rings (SSSR count). The van der Waals surface area contributed by atoms with Crippen molar-refractivity contribution in [3.8, 4) is 22.9 Å². The molecule has 2 aromatic carbocycles. The predicted molar refractivity (Wildman–Crippen MR) is 118 cm³/mol. The summed E-state index contributed by atoms with van der Waals surface area (Å²) in [5, 5.41) is 9.72. The van der Waals surface area contributed by atoms with Gasteiger partial charge in [-0.1, -0.05) is 74.7 Å². The Hall–Kier alpha value is -3.05. The number of allylic oxidation sites excluding steroid dienone is 1. The molecule has 0 aliphatic carbocycles. The van der Waals surface area contributed by atoms with Crippen LogP contribution >= 0.6 is 0 Å². The van der Waals surface area contributed by atoms with Gasteiger partial charge in [0.15, 0.2) is 0 Å². The minimum atomic E-state index is 0.713. The van der Waals surface area contributed by atoms with Gasteiger partial charge in [0.1, 0.15) is 6.07 Å². The highest BCUT2D eigenvalue weighted by Gasteiger charge is 2.13. The summed E-state index contributed by atoms with van der Waals surface area (Å²) < 4.78 is 2.05. The van der Waals surface area contributed by atoms with E-state index in [1.54, 1.807) is 0 Å². The number of aryl methyl sites for hydroxylation is 1. The molecule has 0 unspecified atom stereocenters. The number of hydrogen-bond donors (Lipinski definition) is 0. The quantitative estimate of drug-likeness (QED) is 0.387. The topological polar surface area (TPSA) is 28.7 Å². The van der Waals surface area contributed by atoms with Gasteiger partial charge in [0.2, 0.25) is 0 Å². The maximum Gasteiger partial charge on any atom is 0.101 e. The Morgan fingerprint density at radius 2 is 1.71 bits per heavy atom. The summed E-state index contributed by atoms with van der Waals surface area (Å²) in [5.41, 5.74) is 7.46. The Kier molecular flexibility index (Phi) is 6.50. The molecule has 0 spiro atoms. The second-order valence-electron chi connectivity index (χ2n) is 7.40. The van der Waals surface area contributed by atoms with Gasteiger partial charge in [0.25, 0.3) is 0 Å². The van der Waals surface area contributed by atoms with E-state index in [0.29, 0.717) is 5.56 Å². The molecule has 0 aliphatic heterocycles. The lowest BCUT2D eigenvalue weighted by Crippen LogP contribution is -1.92. The van der Waals surface area contributed by atoms with Crippen LogP contribution in [-0.2, 0) is 6.42 Å². The second kappa shape index (κ2) is 9.24. The Labute approximate surface area is 168 Å². The van der Waals surface area contributed by atoms with Crippen molar-refractivity contribution < 1.29 is 0 Å². The maximum atomic E-state index is 9.72. The van der Waals surface area contributed by atoms with Gasteiger partial charge in [-0.3, -0.25) is 0 Å². The molecule has 0 amide bonds. The van der Waals surface area contributed by atoms with Crippen molar-refractivity contribution >= 4 is 5.57 Å². The fraction of sp³-hybridized carbons (Fsp3) is 0.269. The number of hydrogen-bond acceptors (Lipinski definition) is 1. The standard InChI is InChI=1S/C26H28N2/c1-4-5-6-7-10-22-11-8-9-12-25(22)26-19-28(18-23(26)17-27)24-15-13-21(14-16-24)20(2)3/h8-9,11-16,18-19H,2,4-7,10H2,1,3H3. The summed E-state index contributed by atoms with van der Waals surface area (Å²) >= 11 is 0. The van der Waals surface area contributed by atoms with E-state index in [2.05, 4.69) is 74.3 Å². The van der Waals surface area contributed by atoms with Crippen LogP contribution in [-0.4, -0.2) is 4.57 Å². The molecule has 3 aromatic rings. The number of nitriles is 1. The van der Waals surface area contributed by atoms with Crippen molar-refractivity contribution in [2.45, 2.75) is 46.0 Å². The van der Waals surface area contributed by atoms with E-state index in [1.165, 1.54) is 36.8 Å². The first-order valence-corrected chi connectivity index (χ1v) is 10.1. The molecule has 0 N–H and O–H groups in total. The third-order valence-corrected chi connectivity index (χ3v) is 5.21. The van der Waals surface area contributed by atoms with Gasteiger partial charge in [0, 0.05) is 23.6 Å². The Bertz CT molecular complexity index is 984.